The molecule has 1 aromatic heterocycles. The zero-order chi connectivity index (χ0) is 12.5. The van der Waals surface area contributed by atoms with Gasteiger partial charge in [-0.1, -0.05) is 28.1 Å². The van der Waals surface area contributed by atoms with Crippen LogP contribution in [0.5, 0.6) is 0 Å². The Hall–Kier alpha value is -0.710. The van der Waals surface area contributed by atoms with Crippen LogP contribution in [0.2, 0.25) is 0 Å². The van der Waals surface area contributed by atoms with Gasteiger partial charge in [-0.3, -0.25) is 0 Å². The second-order valence-electron chi connectivity index (χ2n) is 4.42. The van der Waals surface area contributed by atoms with Crippen LogP contribution in [-0.2, 0) is 5.54 Å². The molecule has 0 aliphatic rings. The number of nitrogens with one attached hydrogen (secondary N) is 1. The van der Waals surface area contributed by atoms with E-state index in [4.69, 9.17) is 4.98 Å². The maximum Gasteiger partial charge on any atom is 0.123 e. The van der Waals surface area contributed by atoms with Gasteiger partial charge in [-0.05, 0) is 33.0 Å². The molecule has 2 aromatic rings. The van der Waals surface area contributed by atoms with E-state index in [-0.39, 0.29) is 5.54 Å². The van der Waals surface area contributed by atoms with E-state index in [1.54, 1.807) is 11.3 Å². The molecule has 0 spiro atoms. The summed E-state index contributed by atoms with van der Waals surface area (Å²) in [6.45, 7) is 4.26. The van der Waals surface area contributed by atoms with Crippen molar-refractivity contribution in [1.82, 2.24) is 10.3 Å². The Morgan fingerprint density at radius 2 is 1.88 bits per heavy atom. The zero-order valence-corrected chi connectivity index (χ0v) is 12.5. The molecule has 0 aliphatic carbocycles. The molecule has 2 rings (SSSR count). The topological polar surface area (TPSA) is 24.9 Å². The zero-order valence-electron chi connectivity index (χ0n) is 10.1. The van der Waals surface area contributed by atoms with E-state index in [2.05, 4.69) is 52.6 Å². The van der Waals surface area contributed by atoms with Gasteiger partial charge in [0.1, 0.15) is 5.01 Å². The smallest absolute Gasteiger partial charge is 0.123 e. The Kier molecular flexibility index (Phi) is 3.66. The van der Waals surface area contributed by atoms with Crippen molar-refractivity contribution in [3.8, 4) is 10.6 Å². The summed E-state index contributed by atoms with van der Waals surface area (Å²) in [7, 11) is 1.96. The molecular weight excluding hydrogens is 296 g/mol. The van der Waals surface area contributed by atoms with Crippen molar-refractivity contribution >= 4 is 27.3 Å². The maximum atomic E-state index is 4.69. The van der Waals surface area contributed by atoms with Gasteiger partial charge in [-0.25, -0.2) is 4.98 Å². The summed E-state index contributed by atoms with van der Waals surface area (Å²) in [6, 6.07) is 8.25. The van der Waals surface area contributed by atoms with Crippen LogP contribution in [0.3, 0.4) is 0 Å². The van der Waals surface area contributed by atoms with Crippen molar-refractivity contribution in [2.24, 2.45) is 0 Å². The first kappa shape index (κ1) is 12.7. The number of hydrogen-bond acceptors (Lipinski definition) is 3. The summed E-state index contributed by atoms with van der Waals surface area (Å²) < 4.78 is 1.09. The first-order valence-corrected chi connectivity index (χ1v) is 7.11. The van der Waals surface area contributed by atoms with Crippen LogP contribution in [0.4, 0.5) is 0 Å². The average Bonchev–Trinajstić information content (AvgIpc) is 2.80. The highest BCUT2D eigenvalue weighted by Gasteiger charge is 2.21. The first-order chi connectivity index (χ1) is 8.03. The lowest BCUT2D eigenvalue weighted by Gasteiger charge is -2.21. The fraction of sp³-hybridized carbons (Fsp3) is 0.308. The van der Waals surface area contributed by atoms with Gasteiger partial charge in [0.25, 0.3) is 0 Å². The molecule has 1 N–H and O–H groups in total. The predicted molar refractivity (Wildman–Crippen MR) is 77.3 cm³/mol. The summed E-state index contributed by atoms with van der Waals surface area (Å²) in [5.74, 6) is 0. The van der Waals surface area contributed by atoms with E-state index in [0.717, 1.165) is 20.7 Å². The lowest BCUT2D eigenvalue weighted by atomic mass is 10.0. The van der Waals surface area contributed by atoms with Crippen LogP contribution >= 0.6 is 27.3 Å². The minimum absolute atomic E-state index is 0.0793. The second kappa shape index (κ2) is 4.88. The van der Waals surface area contributed by atoms with E-state index in [9.17, 15) is 0 Å². The molecule has 0 radical (unpaired) electrons. The molecule has 0 fully saturated rings. The standard InChI is InChI=1S/C13H15BrN2S/c1-13(2,15-3)11-8-17-12(16-11)9-4-6-10(14)7-5-9/h4-8,15H,1-3H3. The summed E-state index contributed by atoms with van der Waals surface area (Å²) in [6.07, 6.45) is 0. The average molecular weight is 311 g/mol. The lowest BCUT2D eigenvalue weighted by Crippen LogP contribution is -2.33. The normalized spacial score (nSPS) is 11.8. The highest BCUT2D eigenvalue weighted by molar-refractivity contribution is 9.10. The van der Waals surface area contributed by atoms with Crippen molar-refractivity contribution in [2.75, 3.05) is 7.05 Å². The van der Waals surface area contributed by atoms with E-state index >= 15 is 0 Å². The third kappa shape index (κ3) is 2.76. The van der Waals surface area contributed by atoms with Gasteiger partial charge < -0.3 is 5.32 Å². The van der Waals surface area contributed by atoms with Gasteiger partial charge in [0.15, 0.2) is 0 Å². The maximum absolute atomic E-state index is 4.69. The SMILES string of the molecule is CNC(C)(C)c1csc(-c2ccc(Br)cc2)n1. The largest absolute Gasteiger partial charge is 0.310 e. The molecule has 0 aliphatic heterocycles. The summed E-state index contributed by atoms with van der Waals surface area (Å²) in [5.41, 5.74) is 2.17. The Morgan fingerprint density at radius 1 is 1.24 bits per heavy atom. The van der Waals surface area contributed by atoms with Gasteiger partial charge in [-0.2, -0.15) is 0 Å². The molecule has 2 nitrogen and oxygen atoms in total. The number of aromatic nitrogens is 1. The van der Waals surface area contributed by atoms with Crippen LogP contribution in [-0.4, -0.2) is 12.0 Å². The Balaban J connectivity index is 2.33. The van der Waals surface area contributed by atoms with Crippen LogP contribution < -0.4 is 5.32 Å². The molecule has 0 atom stereocenters. The minimum Gasteiger partial charge on any atom is -0.310 e. The Labute approximate surface area is 114 Å². The Bertz CT molecular complexity index is 502. The van der Waals surface area contributed by atoms with E-state index in [1.807, 2.05) is 19.2 Å². The molecular formula is C13H15BrN2S. The molecule has 0 saturated heterocycles. The van der Waals surface area contributed by atoms with Crippen molar-refractivity contribution in [1.29, 1.82) is 0 Å². The number of benzene rings is 1. The molecule has 0 amide bonds. The van der Waals surface area contributed by atoms with Crippen LogP contribution in [0.25, 0.3) is 10.6 Å². The first-order valence-electron chi connectivity index (χ1n) is 5.44. The highest BCUT2D eigenvalue weighted by atomic mass is 79.9. The van der Waals surface area contributed by atoms with Crippen molar-refractivity contribution in [2.45, 2.75) is 19.4 Å². The summed E-state index contributed by atoms with van der Waals surface area (Å²) in [5, 5.41) is 6.45. The third-order valence-corrected chi connectivity index (χ3v) is 4.28. The van der Waals surface area contributed by atoms with Gasteiger partial charge in [0.05, 0.1) is 11.2 Å². The number of hydrogen-bond donors (Lipinski definition) is 1. The van der Waals surface area contributed by atoms with E-state index < -0.39 is 0 Å². The number of halogens is 1. The molecule has 0 unspecified atom stereocenters. The van der Waals surface area contributed by atoms with Crippen molar-refractivity contribution < 1.29 is 0 Å². The highest BCUT2D eigenvalue weighted by Crippen LogP contribution is 2.29. The van der Waals surface area contributed by atoms with Crippen LogP contribution in [0.15, 0.2) is 34.1 Å². The minimum atomic E-state index is -0.0793. The summed E-state index contributed by atoms with van der Waals surface area (Å²) in [4.78, 5) is 4.69. The quantitative estimate of drug-likeness (QED) is 0.926. The molecule has 1 aromatic carbocycles. The molecule has 1 heterocycles. The number of thiazole rings is 1. The second-order valence-corrected chi connectivity index (χ2v) is 6.19. The summed E-state index contributed by atoms with van der Waals surface area (Å²) >= 11 is 5.12. The van der Waals surface area contributed by atoms with Crippen LogP contribution in [0.1, 0.15) is 19.5 Å². The van der Waals surface area contributed by atoms with Crippen molar-refractivity contribution in [3.63, 3.8) is 0 Å². The molecule has 17 heavy (non-hydrogen) atoms. The van der Waals surface area contributed by atoms with Crippen molar-refractivity contribution in [3.05, 3.63) is 39.8 Å². The van der Waals surface area contributed by atoms with Gasteiger partial charge in [0, 0.05) is 15.4 Å². The van der Waals surface area contributed by atoms with Gasteiger partial charge in [-0.15, -0.1) is 11.3 Å². The predicted octanol–water partition coefficient (Wildman–Crippen LogP) is 4.03. The monoisotopic (exact) mass is 310 g/mol. The number of nitrogens with zero attached hydrogens (tertiary/aromatic N) is 1. The molecule has 0 bridgehead atoms. The lowest BCUT2D eigenvalue weighted by molar-refractivity contribution is 0.434. The fourth-order valence-electron chi connectivity index (χ4n) is 1.41. The Morgan fingerprint density at radius 3 is 2.47 bits per heavy atom. The van der Waals surface area contributed by atoms with E-state index in [1.165, 1.54) is 0 Å². The molecule has 90 valence electrons. The molecule has 4 heteroatoms. The fourth-order valence-corrected chi connectivity index (χ4v) is 2.67. The molecule has 0 saturated carbocycles. The number of rotatable bonds is 3. The van der Waals surface area contributed by atoms with Gasteiger partial charge in [0.2, 0.25) is 0 Å². The third-order valence-electron chi connectivity index (χ3n) is 2.86. The van der Waals surface area contributed by atoms with Crippen LogP contribution in [0, 0.1) is 0 Å². The van der Waals surface area contributed by atoms with E-state index in [0.29, 0.717) is 0 Å². The van der Waals surface area contributed by atoms with Gasteiger partial charge >= 0.3 is 0 Å².